The standard InChI is InChI=1S/C18H18N2O3S2/c1-3-20-14-8-7-12(17(22)23-4-2)10-13(14)19-18(20)25-11-15(21)16-6-5-9-24-16/h5-10H,3-4,11H2,1-2H3. The molecule has 0 N–H and O–H groups in total. The van der Waals surface area contributed by atoms with E-state index in [-0.39, 0.29) is 11.8 Å². The molecule has 3 aromatic rings. The zero-order valence-electron chi connectivity index (χ0n) is 14.0. The largest absolute Gasteiger partial charge is 0.462 e. The van der Waals surface area contributed by atoms with Crippen LogP contribution in [0, 0.1) is 0 Å². The molecule has 0 aliphatic carbocycles. The van der Waals surface area contributed by atoms with Crippen LogP contribution in [-0.2, 0) is 11.3 Å². The van der Waals surface area contributed by atoms with Gasteiger partial charge in [-0.25, -0.2) is 9.78 Å². The second kappa shape index (κ2) is 7.84. The first kappa shape index (κ1) is 17.7. The molecule has 0 saturated carbocycles. The number of carbonyl (C=O) groups excluding carboxylic acids is 2. The number of esters is 1. The second-order valence-electron chi connectivity index (χ2n) is 5.25. The zero-order chi connectivity index (χ0) is 17.8. The molecule has 2 heterocycles. The van der Waals surface area contributed by atoms with Gasteiger partial charge in [-0.1, -0.05) is 17.8 Å². The van der Waals surface area contributed by atoms with Crippen LogP contribution in [0.15, 0.2) is 40.9 Å². The maximum Gasteiger partial charge on any atom is 0.338 e. The Morgan fingerprint density at radius 1 is 1.28 bits per heavy atom. The molecule has 5 nitrogen and oxygen atoms in total. The van der Waals surface area contributed by atoms with Gasteiger partial charge in [-0.15, -0.1) is 11.3 Å². The molecule has 0 radical (unpaired) electrons. The maximum absolute atomic E-state index is 12.2. The van der Waals surface area contributed by atoms with Crippen LogP contribution in [0.2, 0.25) is 0 Å². The number of fused-ring (bicyclic) bond motifs is 1. The smallest absolute Gasteiger partial charge is 0.338 e. The van der Waals surface area contributed by atoms with Crippen molar-refractivity contribution in [3.63, 3.8) is 0 Å². The number of rotatable bonds is 7. The van der Waals surface area contributed by atoms with Crippen LogP contribution < -0.4 is 0 Å². The minimum Gasteiger partial charge on any atom is -0.462 e. The van der Waals surface area contributed by atoms with Gasteiger partial charge < -0.3 is 9.30 Å². The highest BCUT2D eigenvalue weighted by Crippen LogP contribution is 2.26. The molecular formula is C18H18N2O3S2. The summed E-state index contributed by atoms with van der Waals surface area (Å²) in [5, 5.41) is 2.68. The van der Waals surface area contributed by atoms with Crippen molar-refractivity contribution < 1.29 is 14.3 Å². The number of imidazole rings is 1. The monoisotopic (exact) mass is 374 g/mol. The molecule has 0 amide bonds. The first-order valence-electron chi connectivity index (χ1n) is 8.01. The summed E-state index contributed by atoms with van der Waals surface area (Å²) in [5.74, 6) is 0.0913. The van der Waals surface area contributed by atoms with Crippen molar-refractivity contribution in [2.24, 2.45) is 0 Å². The van der Waals surface area contributed by atoms with Crippen LogP contribution in [-0.4, -0.2) is 33.7 Å². The Bertz CT molecular complexity index is 901. The molecule has 0 fully saturated rings. The highest BCUT2D eigenvalue weighted by Gasteiger charge is 2.15. The predicted octanol–water partition coefficient (Wildman–Crippen LogP) is 4.27. The first-order chi connectivity index (χ1) is 12.1. The molecule has 25 heavy (non-hydrogen) atoms. The second-order valence-corrected chi connectivity index (χ2v) is 7.14. The number of ketones is 1. The summed E-state index contributed by atoms with van der Waals surface area (Å²) in [5.41, 5.74) is 2.17. The van der Waals surface area contributed by atoms with E-state index in [1.807, 2.05) is 30.5 Å². The lowest BCUT2D eigenvalue weighted by Gasteiger charge is -2.05. The fraction of sp³-hybridized carbons (Fsp3) is 0.278. The number of benzene rings is 1. The summed E-state index contributed by atoms with van der Waals surface area (Å²) in [6.07, 6.45) is 0. The van der Waals surface area contributed by atoms with Crippen molar-refractivity contribution >= 4 is 45.9 Å². The van der Waals surface area contributed by atoms with Crippen LogP contribution >= 0.6 is 23.1 Å². The number of hydrogen-bond donors (Lipinski definition) is 0. The molecule has 0 saturated heterocycles. The summed E-state index contributed by atoms with van der Waals surface area (Å²) >= 11 is 2.87. The van der Waals surface area contributed by atoms with Gasteiger partial charge in [-0.3, -0.25) is 4.79 Å². The molecule has 0 spiro atoms. The molecule has 0 bridgehead atoms. The van der Waals surface area contributed by atoms with E-state index < -0.39 is 0 Å². The van der Waals surface area contributed by atoms with E-state index in [9.17, 15) is 9.59 Å². The first-order valence-corrected chi connectivity index (χ1v) is 9.87. The van der Waals surface area contributed by atoms with Gasteiger partial charge in [0.15, 0.2) is 10.9 Å². The van der Waals surface area contributed by atoms with E-state index >= 15 is 0 Å². The minimum absolute atomic E-state index is 0.0990. The Morgan fingerprint density at radius 2 is 2.12 bits per heavy atom. The number of ether oxygens (including phenoxy) is 1. The fourth-order valence-electron chi connectivity index (χ4n) is 2.50. The van der Waals surface area contributed by atoms with E-state index in [2.05, 4.69) is 9.55 Å². The van der Waals surface area contributed by atoms with Crippen molar-refractivity contribution in [2.75, 3.05) is 12.4 Å². The van der Waals surface area contributed by atoms with Gasteiger partial charge in [-0.05, 0) is 43.5 Å². The number of hydrogen-bond acceptors (Lipinski definition) is 6. The summed E-state index contributed by atoms with van der Waals surface area (Å²) < 4.78 is 7.09. The van der Waals surface area contributed by atoms with Crippen LogP contribution in [0.4, 0.5) is 0 Å². The minimum atomic E-state index is -0.350. The van der Waals surface area contributed by atoms with E-state index in [1.165, 1.54) is 23.1 Å². The summed E-state index contributed by atoms with van der Waals surface area (Å²) in [4.78, 5) is 29.5. The van der Waals surface area contributed by atoms with Gasteiger partial charge in [0.2, 0.25) is 0 Å². The lowest BCUT2D eigenvalue weighted by molar-refractivity contribution is 0.0526. The van der Waals surface area contributed by atoms with Crippen LogP contribution in [0.1, 0.15) is 33.9 Å². The number of aryl methyl sites for hydroxylation is 1. The van der Waals surface area contributed by atoms with E-state index in [0.29, 0.717) is 17.9 Å². The molecule has 0 unspecified atom stereocenters. The van der Waals surface area contributed by atoms with Gasteiger partial charge in [0, 0.05) is 6.54 Å². The summed E-state index contributed by atoms with van der Waals surface area (Å²) in [6, 6.07) is 9.08. The number of nitrogens with zero attached hydrogens (tertiary/aromatic N) is 2. The van der Waals surface area contributed by atoms with Gasteiger partial charge in [0.1, 0.15) is 0 Å². The lowest BCUT2D eigenvalue weighted by Crippen LogP contribution is -2.04. The zero-order valence-corrected chi connectivity index (χ0v) is 15.7. The Balaban J connectivity index is 1.84. The number of thioether (sulfide) groups is 1. The number of carbonyl (C=O) groups is 2. The average molecular weight is 374 g/mol. The maximum atomic E-state index is 12.2. The van der Waals surface area contributed by atoms with Crippen molar-refractivity contribution in [2.45, 2.75) is 25.5 Å². The van der Waals surface area contributed by atoms with Crippen LogP contribution in [0.5, 0.6) is 0 Å². The molecule has 7 heteroatoms. The molecule has 0 aliphatic rings. The van der Waals surface area contributed by atoms with Crippen molar-refractivity contribution in [3.8, 4) is 0 Å². The topological polar surface area (TPSA) is 61.2 Å². The van der Waals surface area contributed by atoms with Crippen molar-refractivity contribution in [1.29, 1.82) is 0 Å². The third kappa shape index (κ3) is 3.77. The van der Waals surface area contributed by atoms with Crippen LogP contribution in [0.3, 0.4) is 0 Å². The Kier molecular flexibility index (Phi) is 5.55. The van der Waals surface area contributed by atoms with Crippen molar-refractivity contribution in [3.05, 3.63) is 46.2 Å². The number of Topliss-reactive ketones (excluding diaryl/α,β-unsaturated/α-hetero) is 1. The van der Waals surface area contributed by atoms with Gasteiger partial charge in [0.05, 0.1) is 33.8 Å². The van der Waals surface area contributed by atoms with E-state index in [1.54, 1.807) is 19.1 Å². The molecular weight excluding hydrogens is 356 g/mol. The molecule has 2 aromatic heterocycles. The summed E-state index contributed by atoms with van der Waals surface area (Å²) in [7, 11) is 0. The Hall–Kier alpha value is -2.12. The summed E-state index contributed by atoms with van der Waals surface area (Å²) in [6.45, 7) is 4.89. The molecule has 0 aliphatic heterocycles. The molecule has 130 valence electrons. The Labute approximate surface area is 154 Å². The van der Waals surface area contributed by atoms with E-state index in [4.69, 9.17) is 4.74 Å². The number of aromatic nitrogens is 2. The number of thiophene rings is 1. The molecule has 1 aromatic carbocycles. The van der Waals surface area contributed by atoms with Crippen molar-refractivity contribution in [1.82, 2.24) is 9.55 Å². The Morgan fingerprint density at radius 3 is 2.80 bits per heavy atom. The van der Waals surface area contributed by atoms with Gasteiger partial charge in [0.25, 0.3) is 0 Å². The molecule has 3 rings (SSSR count). The highest BCUT2D eigenvalue weighted by atomic mass is 32.2. The normalized spacial score (nSPS) is 11.0. The third-order valence-electron chi connectivity index (χ3n) is 3.67. The fourth-order valence-corrected chi connectivity index (χ4v) is 4.22. The van der Waals surface area contributed by atoms with E-state index in [0.717, 1.165) is 27.6 Å². The quantitative estimate of drug-likeness (QED) is 0.351. The lowest BCUT2D eigenvalue weighted by atomic mass is 10.2. The SMILES string of the molecule is CCOC(=O)c1ccc2c(c1)nc(SCC(=O)c1cccs1)n2CC. The van der Waals surface area contributed by atoms with Crippen LogP contribution in [0.25, 0.3) is 11.0 Å². The average Bonchev–Trinajstić information content (AvgIpc) is 3.26. The van der Waals surface area contributed by atoms with Gasteiger partial charge in [-0.2, -0.15) is 0 Å². The molecule has 0 atom stereocenters. The highest BCUT2D eigenvalue weighted by molar-refractivity contribution is 7.99. The predicted molar refractivity (Wildman–Crippen MR) is 101 cm³/mol. The third-order valence-corrected chi connectivity index (χ3v) is 5.56. The van der Waals surface area contributed by atoms with Gasteiger partial charge >= 0.3 is 5.97 Å².